The zero-order chi connectivity index (χ0) is 13.9. The van der Waals surface area contributed by atoms with Gasteiger partial charge in [-0.3, -0.25) is 0 Å². The van der Waals surface area contributed by atoms with Crippen LogP contribution in [-0.2, 0) is 10.3 Å². The molecule has 2 atom stereocenters. The Labute approximate surface area is 114 Å². The third-order valence-electron chi connectivity index (χ3n) is 4.33. The smallest absolute Gasteiger partial charge is 0.231 e. The first-order chi connectivity index (χ1) is 9.09. The number of ether oxygens (including phenoxy) is 1. The van der Waals surface area contributed by atoms with Gasteiger partial charge in [-0.2, -0.15) is 4.98 Å². The standard InChI is InChI=1S/C14H25N3O2/c1-10(11(2)15)12-16-13(17-19-12)14(18-3)8-6-4-5-7-9-14/h10-11H,4-9,15H2,1-3H3. The Bertz CT molecular complexity index is 395. The van der Waals surface area contributed by atoms with Crippen molar-refractivity contribution in [3.8, 4) is 0 Å². The second kappa shape index (κ2) is 6.01. The van der Waals surface area contributed by atoms with Gasteiger partial charge in [0.2, 0.25) is 11.7 Å². The molecule has 5 nitrogen and oxygen atoms in total. The number of nitrogens with two attached hydrogens (primary N) is 1. The summed E-state index contributed by atoms with van der Waals surface area (Å²) in [6, 6.07) is 0.000860. The summed E-state index contributed by atoms with van der Waals surface area (Å²) < 4.78 is 11.2. The molecule has 2 unspecified atom stereocenters. The van der Waals surface area contributed by atoms with Gasteiger partial charge in [0.15, 0.2) is 0 Å². The largest absolute Gasteiger partial charge is 0.370 e. The first kappa shape index (κ1) is 14.5. The Morgan fingerprint density at radius 1 is 1.21 bits per heavy atom. The van der Waals surface area contributed by atoms with E-state index in [1.807, 2.05) is 13.8 Å². The van der Waals surface area contributed by atoms with Gasteiger partial charge in [-0.05, 0) is 19.8 Å². The minimum absolute atomic E-state index is 0.000860. The SMILES string of the molecule is COC1(c2noc(C(C)C(C)N)n2)CCCCCC1. The first-order valence-electron chi connectivity index (χ1n) is 7.24. The summed E-state index contributed by atoms with van der Waals surface area (Å²) in [7, 11) is 1.75. The Morgan fingerprint density at radius 3 is 2.37 bits per heavy atom. The first-order valence-corrected chi connectivity index (χ1v) is 7.24. The van der Waals surface area contributed by atoms with Crippen LogP contribution in [0, 0.1) is 0 Å². The third kappa shape index (κ3) is 2.98. The molecule has 1 saturated carbocycles. The van der Waals surface area contributed by atoms with E-state index in [-0.39, 0.29) is 17.6 Å². The van der Waals surface area contributed by atoms with Gasteiger partial charge in [-0.25, -0.2) is 0 Å². The third-order valence-corrected chi connectivity index (χ3v) is 4.33. The fraction of sp³-hybridized carbons (Fsp3) is 0.857. The fourth-order valence-electron chi connectivity index (χ4n) is 2.65. The molecular weight excluding hydrogens is 242 g/mol. The number of hydrogen-bond acceptors (Lipinski definition) is 5. The maximum Gasteiger partial charge on any atom is 0.231 e. The number of rotatable bonds is 4. The van der Waals surface area contributed by atoms with E-state index in [0.717, 1.165) is 25.7 Å². The molecule has 2 rings (SSSR count). The molecule has 0 aliphatic heterocycles. The molecule has 1 aromatic heterocycles. The lowest BCUT2D eigenvalue weighted by Gasteiger charge is -2.27. The molecule has 1 aliphatic rings. The van der Waals surface area contributed by atoms with E-state index in [1.165, 1.54) is 12.8 Å². The Hall–Kier alpha value is -0.940. The quantitative estimate of drug-likeness (QED) is 0.849. The van der Waals surface area contributed by atoms with Crippen molar-refractivity contribution in [2.75, 3.05) is 7.11 Å². The monoisotopic (exact) mass is 267 g/mol. The van der Waals surface area contributed by atoms with Crippen molar-refractivity contribution < 1.29 is 9.26 Å². The summed E-state index contributed by atoms with van der Waals surface area (Å²) in [6.45, 7) is 3.96. The highest BCUT2D eigenvalue weighted by Gasteiger charge is 2.38. The van der Waals surface area contributed by atoms with Gasteiger partial charge >= 0.3 is 0 Å². The van der Waals surface area contributed by atoms with Crippen molar-refractivity contribution in [3.63, 3.8) is 0 Å². The van der Waals surface area contributed by atoms with Crippen molar-refractivity contribution in [1.29, 1.82) is 0 Å². The van der Waals surface area contributed by atoms with Gasteiger partial charge in [0, 0.05) is 13.2 Å². The molecular formula is C14H25N3O2. The van der Waals surface area contributed by atoms with Gasteiger partial charge < -0.3 is 15.0 Å². The zero-order valence-electron chi connectivity index (χ0n) is 12.2. The topological polar surface area (TPSA) is 74.2 Å². The molecule has 0 saturated heterocycles. The predicted molar refractivity (Wildman–Crippen MR) is 72.8 cm³/mol. The summed E-state index contributed by atoms with van der Waals surface area (Å²) in [5.74, 6) is 1.38. The molecule has 19 heavy (non-hydrogen) atoms. The van der Waals surface area contributed by atoms with Crippen LogP contribution in [0.3, 0.4) is 0 Å². The highest BCUT2D eigenvalue weighted by atomic mass is 16.5. The molecule has 0 bridgehead atoms. The molecule has 1 fully saturated rings. The Balaban J connectivity index is 2.23. The van der Waals surface area contributed by atoms with E-state index < -0.39 is 0 Å². The average molecular weight is 267 g/mol. The molecule has 108 valence electrons. The summed E-state index contributed by atoms with van der Waals surface area (Å²) >= 11 is 0. The summed E-state index contributed by atoms with van der Waals surface area (Å²) in [5, 5.41) is 4.16. The average Bonchev–Trinajstić information content (AvgIpc) is 2.77. The fourth-order valence-corrected chi connectivity index (χ4v) is 2.65. The number of methoxy groups -OCH3 is 1. The van der Waals surface area contributed by atoms with Crippen LogP contribution in [-0.4, -0.2) is 23.3 Å². The van der Waals surface area contributed by atoms with Crippen molar-refractivity contribution in [2.24, 2.45) is 5.73 Å². The van der Waals surface area contributed by atoms with Gasteiger partial charge in [-0.15, -0.1) is 0 Å². The van der Waals surface area contributed by atoms with Crippen LogP contribution in [0.2, 0.25) is 0 Å². The molecule has 5 heteroatoms. The van der Waals surface area contributed by atoms with E-state index in [0.29, 0.717) is 11.7 Å². The van der Waals surface area contributed by atoms with Crippen LogP contribution < -0.4 is 5.73 Å². The predicted octanol–water partition coefficient (Wildman–Crippen LogP) is 2.72. The molecule has 2 N–H and O–H groups in total. The van der Waals surface area contributed by atoms with Crippen LogP contribution >= 0.6 is 0 Å². The Morgan fingerprint density at radius 2 is 1.84 bits per heavy atom. The second-order valence-corrected chi connectivity index (χ2v) is 5.72. The lowest BCUT2D eigenvalue weighted by molar-refractivity contribution is -0.0365. The molecule has 0 spiro atoms. The maximum atomic E-state index is 5.89. The summed E-state index contributed by atoms with van der Waals surface area (Å²) in [6.07, 6.45) is 6.75. The zero-order valence-corrected chi connectivity index (χ0v) is 12.2. The van der Waals surface area contributed by atoms with E-state index in [9.17, 15) is 0 Å². The van der Waals surface area contributed by atoms with Gasteiger partial charge in [-0.1, -0.05) is 37.8 Å². The second-order valence-electron chi connectivity index (χ2n) is 5.72. The highest BCUT2D eigenvalue weighted by molar-refractivity contribution is 5.05. The lowest BCUT2D eigenvalue weighted by atomic mass is 9.93. The minimum Gasteiger partial charge on any atom is -0.370 e. The van der Waals surface area contributed by atoms with Crippen molar-refractivity contribution in [1.82, 2.24) is 10.1 Å². The Kier molecular flexibility index (Phi) is 4.58. The van der Waals surface area contributed by atoms with Crippen molar-refractivity contribution in [3.05, 3.63) is 11.7 Å². The molecule has 0 amide bonds. The van der Waals surface area contributed by atoms with Gasteiger partial charge in [0.05, 0.1) is 5.92 Å². The van der Waals surface area contributed by atoms with E-state index in [2.05, 4.69) is 10.1 Å². The van der Waals surface area contributed by atoms with E-state index in [4.69, 9.17) is 15.0 Å². The summed E-state index contributed by atoms with van der Waals surface area (Å²) in [5.41, 5.74) is 5.52. The van der Waals surface area contributed by atoms with E-state index >= 15 is 0 Å². The number of hydrogen-bond donors (Lipinski definition) is 1. The maximum absolute atomic E-state index is 5.89. The van der Waals surface area contributed by atoms with E-state index in [1.54, 1.807) is 7.11 Å². The minimum atomic E-state index is -0.365. The van der Waals surface area contributed by atoms with Gasteiger partial charge in [0.1, 0.15) is 5.60 Å². The molecule has 0 radical (unpaired) electrons. The van der Waals surface area contributed by atoms with Gasteiger partial charge in [0.25, 0.3) is 0 Å². The number of aromatic nitrogens is 2. The molecule has 1 aliphatic carbocycles. The number of nitrogens with zero attached hydrogens (tertiary/aromatic N) is 2. The molecule has 1 aromatic rings. The van der Waals surface area contributed by atoms with Crippen LogP contribution in [0.4, 0.5) is 0 Å². The molecule has 0 aromatic carbocycles. The highest BCUT2D eigenvalue weighted by Crippen LogP contribution is 2.37. The van der Waals surface area contributed by atoms with Crippen molar-refractivity contribution >= 4 is 0 Å². The van der Waals surface area contributed by atoms with Crippen LogP contribution in [0.5, 0.6) is 0 Å². The van der Waals surface area contributed by atoms with Crippen molar-refractivity contribution in [2.45, 2.75) is 69.9 Å². The lowest BCUT2D eigenvalue weighted by Crippen LogP contribution is -2.29. The van der Waals surface area contributed by atoms with Crippen LogP contribution in [0.15, 0.2) is 4.52 Å². The summed E-state index contributed by atoms with van der Waals surface area (Å²) in [4.78, 5) is 4.56. The van der Waals surface area contributed by atoms with Crippen LogP contribution in [0.1, 0.15) is 70.0 Å². The molecule has 1 heterocycles. The normalized spacial score (nSPS) is 22.7. The van der Waals surface area contributed by atoms with Crippen LogP contribution in [0.25, 0.3) is 0 Å².